The highest BCUT2D eigenvalue weighted by atomic mass is 16.2. The van der Waals surface area contributed by atoms with Gasteiger partial charge in [0.2, 0.25) is 5.91 Å². The van der Waals surface area contributed by atoms with Crippen LogP contribution >= 0.6 is 0 Å². The molecule has 98 valence electrons. The second-order valence-electron chi connectivity index (χ2n) is 6.44. The molecule has 0 atom stereocenters. The second-order valence-corrected chi connectivity index (χ2v) is 6.44. The Balaban J connectivity index is 2.10. The molecule has 17 heavy (non-hydrogen) atoms. The molecule has 0 aromatic rings. The van der Waals surface area contributed by atoms with Gasteiger partial charge in [-0.1, -0.05) is 33.1 Å². The highest BCUT2D eigenvalue weighted by molar-refractivity contribution is 5.83. The van der Waals surface area contributed by atoms with Crippen molar-refractivity contribution in [2.75, 3.05) is 13.1 Å². The van der Waals surface area contributed by atoms with Gasteiger partial charge in [-0.15, -0.1) is 0 Å². The molecule has 0 bridgehead atoms. The van der Waals surface area contributed by atoms with Gasteiger partial charge in [-0.2, -0.15) is 0 Å². The number of hydrogen-bond acceptors (Lipinski definition) is 1. The minimum absolute atomic E-state index is 0.0107. The molecule has 1 saturated carbocycles. The number of amides is 1. The fourth-order valence-corrected chi connectivity index (χ4v) is 3.77. The van der Waals surface area contributed by atoms with Crippen molar-refractivity contribution in [3.05, 3.63) is 0 Å². The van der Waals surface area contributed by atoms with Crippen molar-refractivity contribution in [1.29, 1.82) is 0 Å². The average molecular weight is 237 g/mol. The van der Waals surface area contributed by atoms with Crippen molar-refractivity contribution >= 4 is 5.91 Å². The second kappa shape index (κ2) is 5.41. The van der Waals surface area contributed by atoms with Gasteiger partial charge in [-0.25, -0.2) is 0 Å². The largest absolute Gasteiger partial charge is 0.342 e. The van der Waals surface area contributed by atoms with Crippen LogP contribution in [0, 0.1) is 11.3 Å². The van der Waals surface area contributed by atoms with E-state index in [-0.39, 0.29) is 5.41 Å². The van der Waals surface area contributed by atoms with E-state index >= 15 is 0 Å². The summed E-state index contributed by atoms with van der Waals surface area (Å²) in [6.45, 7) is 6.54. The molecule has 0 radical (unpaired) electrons. The summed E-state index contributed by atoms with van der Waals surface area (Å²) in [6, 6.07) is 0. The lowest BCUT2D eigenvalue weighted by atomic mass is 9.68. The van der Waals surface area contributed by atoms with Crippen molar-refractivity contribution in [3.8, 4) is 0 Å². The third-order valence-electron chi connectivity index (χ3n) is 4.46. The first-order valence-electron chi connectivity index (χ1n) is 7.43. The minimum Gasteiger partial charge on any atom is -0.342 e. The van der Waals surface area contributed by atoms with Gasteiger partial charge in [0.15, 0.2) is 0 Å². The van der Waals surface area contributed by atoms with E-state index in [4.69, 9.17) is 0 Å². The van der Waals surface area contributed by atoms with Gasteiger partial charge in [-0.3, -0.25) is 4.79 Å². The number of likely N-dealkylation sites (tertiary alicyclic amines) is 1. The fourth-order valence-electron chi connectivity index (χ4n) is 3.77. The molecule has 0 aromatic heterocycles. The summed E-state index contributed by atoms with van der Waals surface area (Å²) in [5.41, 5.74) is 0.0107. The molecule has 0 spiro atoms. The Morgan fingerprint density at radius 3 is 2.18 bits per heavy atom. The van der Waals surface area contributed by atoms with Crippen LogP contribution in [-0.4, -0.2) is 23.9 Å². The van der Waals surface area contributed by atoms with Gasteiger partial charge in [0.25, 0.3) is 0 Å². The van der Waals surface area contributed by atoms with Gasteiger partial charge >= 0.3 is 0 Å². The summed E-state index contributed by atoms with van der Waals surface area (Å²) < 4.78 is 0. The van der Waals surface area contributed by atoms with Crippen LogP contribution in [0.4, 0.5) is 0 Å². The first kappa shape index (κ1) is 12.9. The third-order valence-corrected chi connectivity index (χ3v) is 4.46. The van der Waals surface area contributed by atoms with E-state index in [0.717, 1.165) is 32.4 Å². The topological polar surface area (TPSA) is 20.3 Å². The maximum Gasteiger partial charge on any atom is 0.228 e. The number of carbonyl (C=O) groups excluding carboxylic acids is 1. The van der Waals surface area contributed by atoms with Crippen LogP contribution in [0.25, 0.3) is 0 Å². The predicted octanol–water partition coefficient (Wildman–Crippen LogP) is 3.61. The van der Waals surface area contributed by atoms with Crippen LogP contribution in [0.2, 0.25) is 0 Å². The quantitative estimate of drug-likeness (QED) is 0.734. The molecule has 2 fully saturated rings. The van der Waals surface area contributed by atoms with Gasteiger partial charge in [0.05, 0.1) is 0 Å². The monoisotopic (exact) mass is 237 g/mol. The van der Waals surface area contributed by atoms with Gasteiger partial charge in [0, 0.05) is 18.5 Å². The Bertz CT molecular complexity index is 260. The van der Waals surface area contributed by atoms with Crippen LogP contribution in [-0.2, 0) is 4.79 Å². The zero-order valence-corrected chi connectivity index (χ0v) is 11.5. The van der Waals surface area contributed by atoms with Crippen LogP contribution in [0.3, 0.4) is 0 Å². The molecule has 2 rings (SSSR count). The Labute approximate surface area is 106 Å². The molecule has 0 unspecified atom stereocenters. The summed E-state index contributed by atoms with van der Waals surface area (Å²) in [5.74, 6) is 1.13. The van der Waals surface area contributed by atoms with Crippen LogP contribution in [0.5, 0.6) is 0 Å². The average Bonchev–Trinajstić information content (AvgIpc) is 2.81. The summed E-state index contributed by atoms with van der Waals surface area (Å²) in [7, 11) is 0. The van der Waals surface area contributed by atoms with E-state index in [9.17, 15) is 4.79 Å². The Morgan fingerprint density at radius 1 is 1.06 bits per heavy atom. The molecule has 2 heteroatoms. The standard InChI is InChI=1S/C15H27NO/c1-13(2)12-15(8-4-3-5-9-15)14(17)16-10-6-7-11-16/h13H,3-12H2,1-2H3. The maximum absolute atomic E-state index is 12.8. The van der Waals surface area contributed by atoms with Gasteiger partial charge in [0.1, 0.15) is 0 Å². The first-order chi connectivity index (χ1) is 8.14. The van der Waals surface area contributed by atoms with Gasteiger partial charge < -0.3 is 4.90 Å². The lowest BCUT2D eigenvalue weighted by molar-refractivity contribution is -0.144. The molecule has 2 nitrogen and oxygen atoms in total. The number of rotatable bonds is 3. The van der Waals surface area contributed by atoms with E-state index in [1.54, 1.807) is 0 Å². The lowest BCUT2D eigenvalue weighted by Gasteiger charge is -2.40. The molecular formula is C15H27NO. The zero-order valence-electron chi connectivity index (χ0n) is 11.5. The number of hydrogen-bond donors (Lipinski definition) is 0. The fraction of sp³-hybridized carbons (Fsp3) is 0.933. The third kappa shape index (κ3) is 2.83. The number of carbonyl (C=O) groups is 1. The highest BCUT2D eigenvalue weighted by Crippen LogP contribution is 2.43. The van der Waals surface area contributed by atoms with Gasteiger partial charge in [-0.05, 0) is 38.0 Å². The molecule has 2 aliphatic rings. The van der Waals surface area contributed by atoms with Crippen LogP contribution in [0.15, 0.2) is 0 Å². The Hall–Kier alpha value is -0.530. The van der Waals surface area contributed by atoms with Crippen LogP contribution in [0.1, 0.15) is 65.2 Å². The molecule has 1 aliphatic heterocycles. The molecule has 1 heterocycles. The van der Waals surface area contributed by atoms with Crippen molar-refractivity contribution in [2.24, 2.45) is 11.3 Å². The SMILES string of the molecule is CC(C)CC1(C(=O)N2CCCC2)CCCCC1. The van der Waals surface area contributed by atoms with E-state index in [1.165, 1.54) is 32.1 Å². The molecule has 0 aromatic carbocycles. The smallest absolute Gasteiger partial charge is 0.228 e. The maximum atomic E-state index is 12.8. The first-order valence-corrected chi connectivity index (χ1v) is 7.43. The van der Waals surface area contributed by atoms with E-state index in [0.29, 0.717) is 11.8 Å². The van der Waals surface area contributed by atoms with Crippen molar-refractivity contribution in [3.63, 3.8) is 0 Å². The van der Waals surface area contributed by atoms with Crippen molar-refractivity contribution < 1.29 is 4.79 Å². The summed E-state index contributed by atoms with van der Waals surface area (Å²) in [5, 5.41) is 0. The summed E-state index contributed by atoms with van der Waals surface area (Å²) in [4.78, 5) is 14.9. The highest BCUT2D eigenvalue weighted by Gasteiger charge is 2.42. The minimum atomic E-state index is 0.0107. The zero-order chi connectivity index (χ0) is 12.3. The van der Waals surface area contributed by atoms with E-state index in [2.05, 4.69) is 18.7 Å². The predicted molar refractivity (Wildman–Crippen MR) is 70.8 cm³/mol. The Kier molecular flexibility index (Phi) is 4.11. The number of nitrogens with zero attached hydrogens (tertiary/aromatic N) is 1. The molecule has 1 aliphatic carbocycles. The van der Waals surface area contributed by atoms with E-state index < -0.39 is 0 Å². The Morgan fingerprint density at radius 2 is 1.65 bits per heavy atom. The lowest BCUT2D eigenvalue weighted by Crippen LogP contribution is -2.44. The molecule has 1 saturated heterocycles. The summed E-state index contributed by atoms with van der Waals surface area (Å²) in [6.07, 6.45) is 9.64. The normalized spacial score (nSPS) is 24.3. The summed E-state index contributed by atoms with van der Waals surface area (Å²) >= 11 is 0. The molecule has 0 N–H and O–H groups in total. The van der Waals surface area contributed by atoms with Crippen molar-refractivity contribution in [2.45, 2.75) is 65.2 Å². The molecular weight excluding hydrogens is 210 g/mol. The van der Waals surface area contributed by atoms with Crippen LogP contribution < -0.4 is 0 Å². The van der Waals surface area contributed by atoms with E-state index in [1.807, 2.05) is 0 Å². The van der Waals surface area contributed by atoms with Crippen molar-refractivity contribution in [1.82, 2.24) is 4.90 Å². The molecule has 1 amide bonds.